The highest BCUT2D eigenvalue weighted by atomic mass is 32.2. The van der Waals surface area contributed by atoms with Crippen LogP contribution < -0.4 is 0 Å². The average Bonchev–Trinajstić information content (AvgIpc) is 2.71. The second-order valence-corrected chi connectivity index (χ2v) is 6.57. The van der Waals surface area contributed by atoms with Crippen molar-refractivity contribution in [3.8, 4) is 0 Å². The zero-order chi connectivity index (χ0) is 14.7. The molecule has 21 heavy (non-hydrogen) atoms. The van der Waals surface area contributed by atoms with Crippen molar-refractivity contribution >= 4 is 23.4 Å². The summed E-state index contributed by atoms with van der Waals surface area (Å²) in [4.78, 5) is 23.0. The number of likely N-dealkylation sites (tertiary alicyclic amines) is 1. The topological polar surface area (TPSA) is 63.4 Å². The molecule has 2 aromatic heterocycles. The number of hydrogen-bond acceptors (Lipinski definition) is 5. The molecule has 0 N–H and O–H groups in total. The van der Waals surface area contributed by atoms with Gasteiger partial charge in [0.25, 0.3) is 5.78 Å². The van der Waals surface area contributed by atoms with Crippen molar-refractivity contribution in [1.29, 1.82) is 0 Å². The van der Waals surface area contributed by atoms with Crippen LogP contribution in [0.1, 0.15) is 32.6 Å². The molecule has 3 rings (SSSR count). The average molecular weight is 305 g/mol. The maximum absolute atomic E-state index is 12.5. The predicted molar refractivity (Wildman–Crippen MR) is 81.1 cm³/mol. The first-order chi connectivity index (χ1) is 10.2. The molecule has 112 valence electrons. The van der Waals surface area contributed by atoms with Crippen LogP contribution in [0.2, 0.25) is 0 Å². The Balaban J connectivity index is 1.67. The number of carbonyl (C=O) groups is 1. The Kier molecular flexibility index (Phi) is 4.38. The number of nitrogens with zero attached hydrogens (tertiary/aromatic N) is 5. The summed E-state index contributed by atoms with van der Waals surface area (Å²) in [6.45, 7) is 3.69. The molecule has 1 amide bonds. The molecule has 1 atom stereocenters. The molecule has 0 aliphatic carbocycles. The van der Waals surface area contributed by atoms with Crippen LogP contribution in [0.15, 0.2) is 23.6 Å². The van der Waals surface area contributed by atoms with E-state index in [4.69, 9.17) is 0 Å². The predicted octanol–water partition coefficient (Wildman–Crippen LogP) is 2.01. The number of carbonyl (C=O) groups excluding carboxylic acids is 1. The van der Waals surface area contributed by atoms with Crippen molar-refractivity contribution in [2.45, 2.75) is 43.0 Å². The number of fused-ring (bicyclic) bond motifs is 1. The van der Waals surface area contributed by atoms with Gasteiger partial charge >= 0.3 is 0 Å². The second kappa shape index (κ2) is 6.43. The van der Waals surface area contributed by atoms with Gasteiger partial charge in [-0.3, -0.25) is 4.79 Å². The van der Waals surface area contributed by atoms with Gasteiger partial charge in [0.1, 0.15) is 0 Å². The summed E-state index contributed by atoms with van der Waals surface area (Å²) in [5.41, 5.74) is 0. The quantitative estimate of drug-likeness (QED) is 0.812. The first-order valence-corrected chi connectivity index (χ1v) is 8.25. The van der Waals surface area contributed by atoms with E-state index in [1.807, 2.05) is 17.9 Å². The number of aromatic nitrogens is 4. The van der Waals surface area contributed by atoms with Gasteiger partial charge in [-0.1, -0.05) is 24.6 Å². The van der Waals surface area contributed by atoms with Crippen molar-refractivity contribution in [2.75, 3.05) is 13.1 Å². The molecule has 0 spiro atoms. The van der Waals surface area contributed by atoms with Crippen LogP contribution in [0.3, 0.4) is 0 Å². The SMILES string of the molecule is C[C@@H](Sc1nc2ncccn2n1)C(=O)N1CCCCCC1. The van der Waals surface area contributed by atoms with Crippen molar-refractivity contribution < 1.29 is 4.79 Å². The van der Waals surface area contributed by atoms with E-state index in [9.17, 15) is 4.79 Å². The fourth-order valence-corrected chi connectivity index (χ4v) is 3.36. The van der Waals surface area contributed by atoms with E-state index in [1.54, 1.807) is 16.9 Å². The molecule has 1 aliphatic heterocycles. The Hall–Kier alpha value is -1.63. The maximum atomic E-state index is 12.5. The van der Waals surface area contributed by atoms with Crippen LogP contribution in [-0.4, -0.2) is 48.7 Å². The summed E-state index contributed by atoms with van der Waals surface area (Å²) in [5.74, 6) is 0.753. The van der Waals surface area contributed by atoms with Crippen LogP contribution in [-0.2, 0) is 4.79 Å². The summed E-state index contributed by atoms with van der Waals surface area (Å²) in [6.07, 6.45) is 8.17. The third-order valence-corrected chi connectivity index (χ3v) is 4.58. The van der Waals surface area contributed by atoms with Gasteiger partial charge in [0.2, 0.25) is 11.1 Å². The second-order valence-electron chi connectivity index (χ2n) is 5.26. The van der Waals surface area contributed by atoms with E-state index < -0.39 is 0 Å². The maximum Gasteiger partial charge on any atom is 0.253 e. The van der Waals surface area contributed by atoms with Crippen molar-refractivity contribution in [1.82, 2.24) is 24.5 Å². The van der Waals surface area contributed by atoms with E-state index in [0.29, 0.717) is 10.9 Å². The lowest BCUT2D eigenvalue weighted by molar-refractivity contribution is -0.130. The van der Waals surface area contributed by atoms with Crippen LogP contribution in [0.5, 0.6) is 0 Å². The van der Waals surface area contributed by atoms with E-state index in [1.165, 1.54) is 24.6 Å². The van der Waals surface area contributed by atoms with E-state index in [2.05, 4.69) is 15.1 Å². The molecule has 3 heterocycles. The summed E-state index contributed by atoms with van der Waals surface area (Å²) >= 11 is 1.40. The first-order valence-electron chi connectivity index (χ1n) is 7.37. The highest BCUT2D eigenvalue weighted by molar-refractivity contribution is 8.00. The fourth-order valence-electron chi connectivity index (χ4n) is 2.52. The van der Waals surface area contributed by atoms with E-state index in [0.717, 1.165) is 25.9 Å². The minimum absolute atomic E-state index is 0.166. The molecule has 0 radical (unpaired) electrons. The van der Waals surface area contributed by atoms with Crippen molar-refractivity contribution in [3.05, 3.63) is 18.5 Å². The van der Waals surface area contributed by atoms with Crippen LogP contribution in [0.25, 0.3) is 5.78 Å². The van der Waals surface area contributed by atoms with Gasteiger partial charge in [0.05, 0.1) is 5.25 Å². The lowest BCUT2D eigenvalue weighted by Crippen LogP contribution is -2.37. The van der Waals surface area contributed by atoms with Crippen LogP contribution in [0.4, 0.5) is 0 Å². The van der Waals surface area contributed by atoms with Gasteiger partial charge in [0.15, 0.2) is 0 Å². The van der Waals surface area contributed by atoms with Gasteiger partial charge in [-0.25, -0.2) is 9.50 Å². The van der Waals surface area contributed by atoms with Gasteiger partial charge in [-0.05, 0) is 25.8 Å². The molecular formula is C14H19N5OS. The van der Waals surface area contributed by atoms with Crippen LogP contribution in [0, 0.1) is 0 Å². The molecular weight excluding hydrogens is 286 g/mol. The van der Waals surface area contributed by atoms with E-state index >= 15 is 0 Å². The molecule has 1 aliphatic rings. The molecule has 0 aromatic carbocycles. The Morgan fingerprint density at radius 3 is 2.76 bits per heavy atom. The summed E-state index contributed by atoms with van der Waals surface area (Å²) in [6, 6.07) is 1.81. The van der Waals surface area contributed by atoms with Crippen molar-refractivity contribution in [3.63, 3.8) is 0 Å². The van der Waals surface area contributed by atoms with Gasteiger partial charge in [0, 0.05) is 25.5 Å². The Morgan fingerprint density at radius 2 is 2.05 bits per heavy atom. The lowest BCUT2D eigenvalue weighted by Gasteiger charge is -2.23. The Labute approximate surface area is 128 Å². The highest BCUT2D eigenvalue weighted by Gasteiger charge is 2.23. The summed E-state index contributed by atoms with van der Waals surface area (Å²) in [5, 5.41) is 4.77. The molecule has 0 bridgehead atoms. The minimum Gasteiger partial charge on any atom is -0.342 e. The zero-order valence-electron chi connectivity index (χ0n) is 12.1. The molecule has 0 unspecified atom stereocenters. The van der Waals surface area contributed by atoms with Gasteiger partial charge in [-0.2, -0.15) is 4.98 Å². The molecule has 6 nitrogen and oxygen atoms in total. The molecule has 2 aromatic rings. The number of amides is 1. The summed E-state index contributed by atoms with van der Waals surface area (Å²) in [7, 11) is 0. The monoisotopic (exact) mass is 305 g/mol. The third kappa shape index (κ3) is 3.34. The Morgan fingerprint density at radius 1 is 1.29 bits per heavy atom. The normalized spacial score (nSPS) is 17.7. The molecule has 0 saturated carbocycles. The molecule has 7 heteroatoms. The van der Waals surface area contributed by atoms with E-state index in [-0.39, 0.29) is 11.2 Å². The smallest absolute Gasteiger partial charge is 0.253 e. The van der Waals surface area contributed by atoms with Crippen LogP contribution >= 0.6 is 11.8 Å². The lowest BCUT2D eigenvalue weighted by atomic mass is 10.2. The Bertz CT molecular complexity index is 588. The van der Waals surface area contributed by atoms with Crippen molar-refractivity contribution in [2.24, 2.45) is 0 Å². The standard InChI is InChI=1S/C14H19N5OS/c1-11(12(20)18-8-4-2-3-5-9-18)21-14-16-13-15-7-6-10-19(13)17-14/h6-7,10-11H,2-5,8-9H2,1H3/t11-/m1/s1. The third-order valence-electron chi connectivity index (χ3n) is 3.64. The minimum atomic E-state index is -0.166. The van der Waals surface area contributed by atoms with Gasteiger partial charge in [-0.15, -0.1) is 5.10 Å². The molecule has 1 saturated heterocycles. The zero-order valence-corrected chi connectivity index (χ0v) is 12.9. The summed E-state index contributed by atoms with van der Waals surface area (Å²) < 4.78 is 1.63. The highest BCUT2D eigenvalue weighted by Crippen LogP contribution is 2.22. The largest absolute Gasteiger partial charge is 0.342 e. The number of thioether (sulfide) groups is 1. The number of rotatable bonds is 3. The molecule has 1 fully saturated rings. The first kappa shape index (κ1) is 14.3. The van der Waals surface area contributed by atoms with Gasteiger partial charge < -0.3 is 4.90 Å². The fraction of sp³-hybridized carbons (Fsp3) is 0.571. The number of hydrogen-bond donors (Lipinski definition) is 0.